The van der Waals surface area contributed by atoms with Crippen molar-refractivity contribution >= 4 is 15.7 Å². The van der Waals surface area contributed by atoms with Gasteiger partial charge in [-0.2, -0.15) is 13.2 Å². The highest BCUT2D eigenvalue weighted by Crippen LogP contribution is 2.33. The van der Waals surface area contributed by atoms with E-state index in [-0.39, 0.29) is 48.1 Å². The molecule has 0 radical (unpaired) electrons. The van der Waals surface area contributed by atoms with Gasteiger partial charge in [-0.05, 0) is 37.9 Å². The summed E-state index contributed by atoms with van der Waals surface area (Å²) in [7, 11) is -1.52. The Bertz CT molecular complexity index is 836. The molecule has 9 heteroatoms. The number of rotatable bonds is 6. The molecule has 5 nitrogen and oxygen atoms in total. The fourth-order valence-corrected chi connectivity index (χ4v) is 6.19. The van der Waals surface area contributed by atoms with Crippen LogP contribution in [0.4, 0.5) is 13.2 Å². The standard InChI is InChI=1S/C20H27F3N2O3S/c1-24(12-15-6-2-5-9-18(15)20(21,22)23)13-19(26)25(16-7-3-4-8-16)17-10-11-29(27,28)14-17/h2,5-6,9,16-17H,3-4,7-8,10-14H2,1H3. The van der Waals surface area contributed by atoms with Gasteiger partial charge in [0.1, 0.15) is 0 Å². The Balaban J connectivity index is 1.71. The number of carbonyl (C=O) groups excluding carboxylic acids is 1. The third-order valence-electron chi connectivity index (χ3n) is 5.78. The van der Waals surface area contributed by atoms with Crippen LogP contribution in [-0.4, -0.2) is 61.3 Å². The van der Waals surface area contributed by atoms with Crippen LogP contribution in [0.1, 0.15) is 43.2 Å². The van der Waals surface area contributed by atoms with Crippen molar-refractivity contribution in [3.63, 3.8) is 0 Å². The van der Waals surface area contributed by atoms with E-state index in [9.17, 15) is 26.4 Å². The van der Waals surface area contributed by atoms with Gasteiger partial charge in [-0.25, -0.2) is 8.42 Å². The highest BCUT2D eigenvalue weighted by Gasteiger charge is 2.39. The fourth-order valence-electron chi connectivity index (χ4n) is 4.48. The molecule has 1 saturated heterocycles. The zero-order chi connectivity index (χ0) is 21.2. The minimum atomic E-state index is -4.45. The lowest BCUT2D eigenvalue weighted by Gasteiger charge is -2.35. The average molecular weight is 433 g/mol. The Morgan fingerprint density at radius 2 is 1.76 bits per heavy atom. The maximum absolute atomic E-state index is 13.2. The van der Waals surface area contributed by atoms with Crippen LogP contribution in [-0.2, 0) is 27.4 Å². The molecule has 29 heavy (non-hydrogen) atoms. The maximum Gasteiger partial charge on any atom is 0.416 e. The average Bonchev–Trinajstić information content (AvgIpc) is 3.24. The van der Waals surface area contributed by atoms with Crippen molar-refractivity contribution < 1.29 is 26.4 Å². The summed E-state index contributed by atoms with van der Waals surface area (Å²) in [6.07, 6.45) is -0.308. The minimum Gasteiger partial charge on any atom is -0.335 e. The summed E-state index contributed by atoms with van der Waals surface area (Å²) < 4.78 is 63.5. The summed E-state index contributed by atoms with van der Waals surface area (Å²) in [5, 5.41) is 0. The first kappa shape index (κ1) is 22.1. The molecule has 0 aromatic heterocycles. The van der Waals surface area contributed by atoms with Crippen molar-refractivity contribution in [1.82, 2.24) is 9.80 Å². The third-order valence-corrected chi connectivity index (χ3v) is 7.53. The first-order valence-electron chi connectivity index (χ1n) is 9.92. The number of alkyl halides is 3. The van der Waals surface area contributed by atoms with Gasteiger partial charge in [0.2, 0.25) is 5.91 Å². The summed E-state index contributed by atoms with van der Waals surface area (Å²) in [5.74, 6) is -0.135. The number of hydrogen-bond donors (Lipinski definition) is 0. The van der Waals surface area contributed by atoms with Crippen LogP contribution in [0.3, 0.4) is 0 Å². The number of nitrogens with zero attached hydrogens (tertiary/aromatic N) is 2. The molecule has 1 heterocycles. The van der Waals surface area contributed by atoms with Gasteiger partial charge in [-0.1, -0.05) is 31.0 Å². The molecule has 1 aliphatic heterocycles. The van der Waals surface area contributed by atoms with Crippen molar-refractivity contribution in [1.29, 1.82) is 0 Å². The van der Waals surface area contributed by atoms with E-state index in [0.29, 0.717) is 6.42 Å². The molecule has 0 spiro atoms. The molecule has 2 fully saturated rings. The normalized spacial score (nSPS) is 22.3. The molecule has 162 valence electrons. The Morgan fingerprint density at radius 3 is 2.34 bits per heavy atom. The number of sulfone groups is 1. The lowest BCUT2D eigenvalue weighted by molar-refractivity contribution is -0.138. The van der Waals surface area contributed by atoms with Crippen molar-refractivity contribution in [2.45, 2.75) is 56.9 Å². The van der Waals surface area contributed by atoms with Crippen LogP contribution in [0.2, 0.25) is 0 Å². The van der Waals surface area contributed by atoms with Crippen molar-refractivity contribution in [2.24, 2.45) is 0 Å². The second-order valence-corrected chi connectivity index (χ2v) is 10.4. The second-order valence-electron chi connectivity index (χ2n) is 8.12. The number of amides is 1. The van der Waals surface area contributed by atoms with Gasteiger partial charge in [0.25, 0.3) is 0 Å². The van der Waals surface area contributed by atoms with Gasteiger partial charge in [0.15, 0.2) is 9.84 Å². The van der Waals surface area contributed by atoms with E-state index in [2.05, 4.69) is 0 Å². The lowest BCUT2D eigenvalue weighted by atomic mass is 10.1. The van der Waals surface area contributed by atoms with E-state index in [1.807, 2.05) is 0 Å². The minimum absolute atomic E-state index is 0.0110. The summed E-state index contributed by atoms with van der Waals surface area (Å²) in [5.41, 5.74) is -0.583. The maximum atomic E-state index is 13.2. The van der Waals surface area contributed by atoms with Gasteiger partial charge in [-0.3, -0.25) is 9.69 Å². The fraction of sp³-hybridized carbons (Fsp3) is 0.650. The number of carbonyl (C=O) groups is 1. The van der Waals surface area contributed by atoms with E-state index in [1.54, 1.807) is 22.9 Å². The van der Waals surface area contributed by atoms with E-state index >= 15 is 0 Å². The van der Waals surface area contributed by atoms with Crippen LogP contribution in [0, 0.1) is 0 Å². The summed E-state index contributed by atoms with van der Waals surface area (Å²) in [6.45, 7) is -0.0534. The topological polar surface area (TPSA) is 57.7 Å². The third kappa shape index (κ3) is 5.51. The molecule has 1 atom stereocenters. The molecular formula is C20H27F3N2O3S. The summed E-state index contributed by atoms with van der Waals surface area (Å²) in [6, 6.07) is 5.05. The highest BCUT2D eigenvalue weighted by atomic mass is 32.2. The number of hydrogen-bond acceptors (Lipinski definition) is 4. The molecule has 1 aliphatic carbocycles. The largest absolute Gasteiger partial charge is 0.416 e. The molecule has 0 bridgehead atoms. The predicted molar refractivity (Wildman–Crippen MR) is 104 cm³/mol. The van der Waals surface area contributed by atoms with E-state index in [0.717, 1.165) is 31.7 Å². The monoisotopic (exact) mass is 432 g/mol. The van der Waals surface area contributed by atoms with Gasteiger partial charge in [0.05, 0.1) is 23.6 Å². The summed E-state index contributed by atoms with van der Waals surface area (Å²) >= 11 is 0. The van der Waals surface area contributed by atoms with Crippen LogP contribution in [0.15, 0.2) is 24.3 Å². The molecule has 1 aromatic carbocycles. The first-order chi connectivity index (χ1) is 13.6. The number of halogens is 3. The molecule has 1 aromatic rings. The zero-order valence-corrected chi connectivity index (χ0v) is 17.3. The van der Waals surface area contributed by atoms with Gasteiger partial charge in [0, 0.05) is 18.6 Å². The van der Waals surface area contributed by atoms with Gasteiger partial charge < -0.3 is 4.90 Å². The van der Waals surface area contributed by atoms with Gasteiger partial charge >= 0.3 is 6.18 Å². The highest BCUT2D eigenvalue weighted by molar-refractivity contribution is 7.91. The Morgan fingerprint density at radius 1 is 1.10 bits per heavy atom. The van der Waals surface area contributed by atoms with Crippen LogP contribution >= 0.6 is 0 Å². The molecule has 2 aliphatic rings. The van der Waals surface area contributed by atoms with Crippen molar-refractivity contribution in [3.8, 4) is 0 Å². The number of likely N-dealkylation sites (N-methyl/N-ethyl adjacent to an activating group) is 1. The Labute approximate surface area is 169 Å². The van der Waals surface area contributed by atoms with E-state index in [4.69, 9.17) is 0 Å². The number of benzene rings is 1. The lowest BCUT2D eigenvalue weighted by Crippen LogP contribution is -2.50. The smallest absolute Gasteiger partial charge is 0.335 e. The van der Waals surface area contributed by atoms with Crippen molar-refractivity contribution in [3.05, 3.63) is 35.4 Å². The molecule has 1 amide bonds. The van der Waals surface area contributed by atoms with Crippen LogP contribution in [0.5, 0.6) is 0 Å². The Hall–Kier alpha value is -1.61. The Kier molecular flexibility index (Phi) is 6.57. The SMILES string of the molecule is CN(CC(=O)N(C1CCCC1)C1CCS(=O)(=O)C1)Cc1ccccc1C(F)(F)F. The zero-order valence-electron chi connectivity index (χ0n) is 16.5. The molecule has 1 saturated carbocycles. The van der Waals surface area contributed by atoms with Crippen LogP contribution < -0.4 is 0 Å². The molecule has 1 unspecified atom stereocenters. The second kappa shape index (κ2) is 8.63. The summed E-state index contributed by atoms with van der Waals surface area (Å²) in [4.78, 5) is 16.4. The molecule has 3 rings (SSSR count). The van der Waals surface area contributed by atoms with Crippen LogP contribution in [0.25, 0.3) is 0 Å². The van der Waals surface area contributed by atoms with E-state index < -0.39 is 21.6 Å². The molecule has 0 N–H and O–H groups in total. The molecular weight excluding hydrogens is 405 g/mol. The van der Waals surface area contributed by atoms with Crippen molar-refractivity contribution in [2.75, 3.05) is 25.1 Å². The first-order valence-corrected chi connectivity index (χ1v) is 11.7. The predicted octanol–water partition coefficient (Wildman–Crippen LogP) is 3.10. The van der Waals surface area contributed by atoms with E-state index in [1.165, 1.54) is 12.1 Å². The van der Waals surface area contributed by atoms with Gasteiger partial charge in [-0.15, -0.1) is 0 Å². The quantitative estimate of drug-likeness (QED) is 0.693.